The van der Waals surface area contributed by atoms with E-state index in [2.05, 4.69) is 11.1 Å². The van der Waals surface area contributed by atoms with E-state index < -0.39 is 0 Å². The molecule has 1 heterocycles. The van der Waals surface area contributed by atoms with Gasteiger partial charge in [-0.15, -0.1) is 11.3 Å². The van der Waals surface area contributed by atoms with Crippen molar-refractivity contribution in [1.29, 1.82) is 5.26 Å². The summed E-state index contributed by atoms with van der Waals surface area (Å²) in [7, 11) is 1.75. The summed E-state index contributed by atoms with van der Waals surface area (Å²) < 4.78 is 0. The smallest absolute Gasteiger partial charge is 0.265 e. The van der Waals surface area contributed by atoms with Gasteiger partial charge in [0.25, 0.3) is 5.91 Å². The lowest BCUT2D eigenvalue weighted by Crippen LogP contribution is -2.26. The minimum absolute atomic E-state index is 0.0395. The molecule has 96 valence electrons. The van der Waals surface area contributed by atoms with E-state index in [1.807, 2.05) is 19.1 Å². The van der Waals surface area contributed by atoms with Crippen LogP contribution in [0.5, 0.6) is 0 Å². The predicted molar refractivity (Wildman–Crippen MR) is 73.8 cm³/mol. The van der Waals surface area contributed by atoms with Crippen LogP contribution in [0, 0.1) is 18.3 Å². The number of carbonyl (C=O) groups is 1. The number of aromatic nitrogens is 1. The fourth-order valence-corrected chi connectivity index (χ4v) is 2.56. The molecule has 0 saturated heterocycles. The average Bonchev–Trinajstić information content (AvgIpc) is 2.84. The van der Waals surface area contributed by atoms with E-state index in [1.54, 1.807) is 29.6 Å². The van der Waals surface area contributed by atoms with Crippen LogP contribution < -0.4 is 0 Å². The number of benzene rings is 1. The predicted octanol–water partition coefficient (Wildman–Crippen LogP) is 2.60. The number of hydrogen-bond donors (Lipinski definition) is 0. The van der Waals surface area contributed by atoms with E-state index in [4.69, 9.17) is 5.26 Å². The maximum atomic E-state index is 12.2. The SMILES string of the molecule is Cc1ncsc1C(=O)N(C)Cc1cccc(C#N)c1. The van der Waals surface area contributed by atoms with Gasteiger partial charge in [0, 0.05) is 13.6 Å². The van der Waals surface area contributed by atoms with Crippen molar-refractivity contribution >= 4 is 17.2 Å². The van der Waals surface area contributed by atoms with Crippen molar-refractivity contribution in [2.75, 3.05) is 7.05 Å². The highest BCUT2D eigenvalue weighted by molar-refractivity contribution is 7.11. The summed E-state index contributed by atoms with van der Waals surface area (Å²) in [6.45, 7) is 2.31. The van der Waals surface area contributed by atoms with Crippen LogP contribution in [-0.4, -0.2) is 22.8 Å². The van der Waals surface area contributed by atoms with Crippen molar-refractivity contribution in [3.05, 3.63) is 51.5 Å². The van der Waals surface area contributed by atoms with Crippen LogP contribution >= 0.6 is 11.3 Å². The first-order valence-corrected chi connectivity index (χ1v) is 6.64. The normalized spacial score (nSPS) is 9.95. The largest absolute Gasteiger partial charge is 0.337 e. The van der Waals surface area contributed by atoms with E-state index in [0.29, 0.717) is 17.0 Å². The van der Waals surface area contributed by atoms with E-state index >= 15 is 0 Å². The molecule has 0 atom stereocenters. The van der Waals surface area contributed by atoms with Gasteiger partial charge in [0.15, 0.2) is 0 Å². The molecule has 5 heteroatoms. The molecule has 1 amide bonds. The van der Waals surface area contributed by atoms with Crippen LogP contribution in [0.1, 0.15) is 26.5 Å². The molecule has 4 nitrogen and oxygen atoms in total. The summed E-state index contributed by atoms with van der Waals surface area (Å²) in [5.41, 5.74) is 3.98. The Morgan fingerprint density at radius 1 is 1.53 bits per heavy atom. The Morgan fingerprint density at radius 2 is 2.32 bits per heavy atom. The molecule has 2 rings (SSSR count). The maximum Gasteiger partial charge on any atom is 0.265 e. The molecule has 0 spiro atoms. The zero-order valence-corrected chi connectivity index (χ0v) is 11.6. The average molecular weight is 271 g/mol. The fraction of sp³-hybridized carbons (Fsp3) is 0.214. The third kappa shape index (κ3) is 2.98. The van der Waals surface area contributed by atoms with Crippen LogP contribution in [0.15, 0.2) is 29.8 Å². The fourth-order valence-electron chi connectivity index (χ4n) is 1.77. The number of hydrogen-bond acceptors (Lipinski definition) is 4. The number of aryl methyl sites for hydroxylation is 1. The lowest BCUT2D eigenvalue weighted by Gasteiger charge is -2.16. The molecule has 1 aromatic carbocycles. The first kappa shape index (κ1) is 13.2. The number of rotatable bonds is 3. The van der Waals surface area contributed by atoms with Gasteiger partial charge in [-0.05, 0) is 24.6 Å². The van der Waals surface area contributed by atoms with Gasteiger partial charge in [-0.3, -0.25) is 4.79 Å². The number of nitrogens with zero attached hydrogens (tertiary/aromatic N) is 3. The molecular formula is C14H13N3OS. The molecule has 0 N–H and O–H groups in total. The summed E-state index contributed by atoms with van der Waals surface area (Å²) in [5.74, 6) is -0.0395. The Balaban J connectivity index is 2.13. The molecule has 0 aliphatic rings. The standard InChI is InChI=1S/C14H13N3OS/c1-10-13(19-9-16-10)14(18)17(2)8-12-5-3-4-11(6-12)7-15/h3-6,9H,8H2,1-2H3. The third-order valence-electron chi connectivity index (χ3n) is 2.76. The number of carbonyl (C=O) groups excluding carboxylic acids is 1. The van der Waals surface area contributed by atoms with Crippen LogP contribution in [0.25, 0.3) is 0 Å². The Bertz CT molecular complexity index is 642. The first-order valence-electron chi connectivity index (χ1n) is 5.76. The highest BCUT2D eigenvalue weighted by atomic mass is 32.1. The lowest BCUT2D eigenvalue weighted by atomic mass is 10.1. The van der Waals surface area contributed by atoms with E-state index in [-0.39, 0.29) is 5.91 Å². The Hall–Kier alpha value is -2.19. The summed E-state index contributed by atoms with van der Waals surface area (Å²) in [6, 6.07) is 9.37. The van der Waals surface area contributed by atoms with Gasteiger partial charge in [-0.25, -0.2) is 4.98 Å². The molecule has 0 bridgehead atoms. The molecular weight excluding hydrogens is 258 g/mol. The van der Waals surface area contributed by atoms with Gasteiger partial charge in [-0.2, -0.15) is 5.26 Å². The van der Waals surface area contributed by atoms with Crippen molar-refractivity contribution in [2.45, 2.75) is 13.5 Å². The molecule has 0 fully saturated rings. The minimum Gasteiger partial charge on any atom is -0.337 e. The zero-order chi connectivity index (χ0) is 13.8. The number of thiazole rings is 1. The summed E-state index contributed by atoms with van der Waals surface area (Å²) >= 11 is 1.35. The highest BCUT2D eigenvalue weighted by Gasteiger charge is 2.16. The maximum absolute atomic E-state index is 12.2. The minimum atomic E-state index is -0.0395. The third-order valence-corrected chi connectivity index (χ3v) is 3.68. The molecule has 0 radical (unpaired) electrons. The molecule has 19 heavy (non-hydrogen) atoms. The first-order chi connectivity index (χ1) is 9.11. The van der Waals surface area contributed by atoms with Gasteiger partial charge in [-0.1, -0.05) is 12.1 Å². The summed E-state index contributed by atoms with van der Waals surface area (Å²) in [4.78, 5) is 18.6. The quantitative estimate of drug-likeness (QED) is 0.862. The Labute approximate surface area is 115 Å². The molecule has 0 aliphatic heterocycles. The van der Waals surface area contributed by atoms with Gasteiger partial charge in [0.05, 0.1) is 22.8 Å². The van der Waals surface area contributed by atoms with Crippen molar-refractivity contribution in [1.82, 2.24) is 9.88 Å². The lowest BCUT2D eigenvalue weighted by molar-refractivity contribution is 0.0789. The molecule has 0 saturated carbocycles. The second-order valence-corrected chi connectivity index (χ2v) is 5.10. The Morgan fingerprint density at radius 3 is 2.95 bits per heavy atom. The van der Waals surface area contributed by atoms with E-state index in [9.17, 15) is 4.79 Å². The summed E-state index contributed by atoms with van der Waals surface area (Å²) in [6.07, 6.45) is 0. The zero-order valence-electron chi connectivity index (χ0n) is 10.8. The Kier molecular flexibility index (Phi) is 3.93. The molecule has 1 aromatic heterocycles. The summed E-state index contributed by atoms with van der Waals surface area (Å²) in [5, 5.41) is 8.85. The van der Waals surface area contributed by atoms with Crippen molar-refractivity contribution in [3.8, 4) is 6.07 Å². The van der Waals surface area contributed by atoms with Gasteiger partial charge in [0.1, 0.15) is 4.88 Å². The van der Waals surface area contributed by atoms with Crippen LogP contribution in [0.2, 0.25) is 0 Å². The van der Waals surface area contributed by atoms with E-state index in [0.717, 1.165) is 11.3 Å². The topological polar surface area (TPSA) is 57.0 Å². The van der Waals surface area contributed by atoms with Crippen molar-refractivity contribution in [2.24, 2.45) is 0 Å². The second-order valence-electron chi connectivity index (χ2n) is 4.24. The monoisotopic (exact) mass is 271 g/mol. The van der Waals surface area contributed by atoms with E-state index in [1.165, 1.54) is 11.3 Å². The molecule has 0 unspecified atom stereocenters. The van der Waals surface area contributed by atoms with Crippen molar-refractivity contribution in [3.63, 3.8) is 0 Å². The number of nitriles is 1. The van der Waals surface area contributed by atoms with Gasteiger partial charge in [0.2, 0.25) is 0 Å². The van der Waals surface area contributed by atoms with Crippen LogP contribution in [0.4, 0.5) is 0 Å². The van der Waals surface area contributed by atoms with Gasteiger partial charge >= 0.3 is 0 Å². The molecule has 0 aliphatic carbocycles. The highest BCUT2D eigenvalue weighted by Crippen LogP contribution is 2.16. The number of amides is 1. The van der Waals surface area contributed by atoms with Crippen LogP contribution in [-0.2, 0) is 6.54 Å². The second kappa shape index (κ2) is 5.63. The van der Waals surface area contributed by atoms with Crippen LogP contribution in [0.3, 0.4) is 0 Å². The van der Waals surface area contributed by atoms with Gasteiger partial charge < -0.3 is 4.90 Å². The molecule has 2 aromatic rings. The van der Waals surface area contributed by atoms with Crippen molar-refractivity contribution < 1.29 is 4.79 Å².